The van der Waals surface area contributed by atoms with Crippen LogP contribution in [0.15, 0.2) is 36.4 Å². The van der Waals surface area contributed by atoms with Gasteiger partial charge in [0.05, 0.1) is 5.56 Å². The number of Topliss-reactive ketones (excluding diaryl/α,β-unsaturated/α-hetero) is 1. The number of phenolic OH excluding ortho intramolecular Hbond substituents is 1. The van der Waals surface area contributed by atoms with Crippen LogP contribution in [0.25, 0.3) is 0 Å². The van der Waals surface area contributed by atoms with Gasteiger partial charge in [-0.2, -0.15) is 0 Å². The molecule has 0 atom stereocenters. The maximum Gasteiger partial charge on any atom is 0.303 e. The van der Waals surface area contributed by atoms with Gasteiger partial charge >= 0.3 is 5.97 Å². The van der Waals surface area contributed by atoms with E-state index in [0.29, 0.717) is 0 Å². The highest BCUT2D eigenvalue weighted by Gasteiger charge is 2.34. The lowest BCUT2D eigenvalue weighted by Crippen LogP contribution is -2.24. The quantitative estimate of drug-likeness (QED) is 0.692. The summed E-state index contributed by atoms with van der Waals surface area (Å²) < 4.78 is 0. The zero-order valence-electron chi connectivity index (χ0n) is 13.1. The van der Waals surface area contributed by atoms with Crippen molar-refractivity contribution < 1.29 is 29.4 Å². The van der Waals surface area contributed by atoms with Gasteiger partial charge in [0.25, 0.3) is 0 Å². The van der Waals surface area contributed by atoms with Crippen LogP contribution in [0.5, 0.6) is 5.75 Å². The highest BCUT2D eigenvalue weighted by atomic mass is 16.4. The molecule has 0 aliphatic heterocycles. The molecule has 3 rings (SSSR count). The van der Waals surface area contributed by atoms with Gasteiger partial charge in [-0.05, 0) is 12.5 Å². The number of benzene rings is 2. The molecule has 1 aliphatic rings. The third-order valence-corrected chi connectivity index (χ3v) is 4.15. The van der Waals surface area contributed by atoms with E-state index in [1.807, 2.05) is 0 Å². The van der Waals surface area contributed by atoms with Crippen LogP contribution in [0.2, 0.25) is 0 Å². The first-order valence-electron chi connectivity index (χ1n) is 7.71. The normalized spacial score (nSPS) is 12.5. The molecule has 2 aromatic carbocycles. The summed E-state index contributed by atoms with van der Waals surface area (Å²) in [5.41, 5.74) is 0.197. The number of hydrogen-bond donors (Lipinski definition) is 2. The predicted octanol–water partition coefficient (Wildman–Crippen LogP) is 2.61. The zero-order valence-corrected chi connectivity index (χ0v) is 13.1. The number of carboxylic acid groups (broad SMARTS) is 1. The topological polar surface area (TPSA) is 109 Å². The Balaban J connectivity index is 2.04. The zero-order chi connectivity index (χ0) is 18.1. The van der Waals surface area contributed by atoms with Crippen LogP contribution in [0.3, 0.4) is 0 Å². The Bertz CT molecular complexity index is 926. The van der Waals surface area contributed by atoms with Gasteiger partial charge in [0.2, 0.25) is 0 Å². The van der Waals surface area contributed by atoms with Gasteiger partial charge in [-0.25, -0.2) is 0 Å². The average molecular weight is 338 g/mol. The summed E-state index contributed by atoms with van der Waals surface area (Å²) in [7, 11) is 0. The monoisotopic (exact) mass is 338 g/mol. The summed E-state index contributed by atoms with van der Waals surface area (Å²) >= 11 is 0. The van der Waals surface area contributed by atoms with E-state index in [9.17, 15) is 24.3 Å². The van der Waals surface area contributed by atoms with Crippen molar-refractivity contribution in [2.45, 2.75) is 19.3 Å². The molecule has 6 nitrogen and oxygen atoms in total. The predicted molar refractivity (Wildman–Crippen MR) is 87.2 cm³/mol. The van der Waals surface area contributed by atoms with Gasteiger partial charge < -0.3 is 10.2 Å². The molecule has 0 bridgehead atoms. The van der Waals surface area contributed by atoms with Gasteiger partial charge in [0, 0.05) is 35.1 Å². The number of carbonyl (C=O) groups is 4. The SMILES string of the molecule is O=C(O)CCCC(=O)c1cccc2c1C(=O)c1cccc(O)c1C2=O. The molecule has 25 heavy (non-hydrogen) atoms. The minimum absolute atomic E-state index is 0.0194. The maximum atomic E-state index is 12.8. The fourth-order valence-electron chi connectivity index (χ4n) is 2.99. The minimum atomic E-state index is -1.00. The summed E-state index contributed by atoms with van der Waals surface area (Å²) in [6.45, 7) is 0. The molecule has 1 aliphatic carbocycles. The smallest absolute Gasteiger partial charge is 0.303 e. The molecule has 0 spiro atoms. The molecule has 0 fully saturated rings. The van der Waals surface area contributed by atoms with Gasteiger partial charge in [-0.3, -0.25) is 19.2 Å². The third-order valence-electron chi connectivity index (χ3n) is 4.15. The van der Waals surface area contributed by atoms with Crippen LogP contribution in [0, 0.1) is 0 Å². The second-order valence-corrected chi connectivity index (χ2v) is 5.76. The number of carbonyl (C=O) groups excluding carboxylic acids is 3. The van der Waals surface area contributed by atoms with Crippen molar-refractivity contribution in [2.75, 3.05) is 0 Å². The van der Waals surface area contributed by atoms with Crippen molar-refractivity contribution in [2.24, 2.45) is 0 Å². The number of fused-ring (bicyclic) bond motifs is 2. The number of rotatable bonds is 5. The van der Waals surface area contributed by atoms with E-state index < -0.39 is 17.5 Å². The van der Waals surface area contributed by atoms with Crippen molar-refractivity contribution in [1.29, 1.82) is 0 Å². The van der Waals surface area contributed by atoms with E-state index in [1.165, 1.54) is 36.4 Å². The maximum absolute atomic E-state index is 12.8. The van der Waals surface area contributed by atoms with Crippen molar-refractivity contribution in [3.05, 3.63) is 64.2 Å². The molecule has 2 aromatic rings. The Morgan fingerprint density at radius 2 is 1.44 bits per heavy atom. The number of ketones is 3. The molecule has 6 heteroatoms. The fourth-order valence-corrected chi connectivity index (χ4v) is 2.99. The highest BCUT2D eigenvalue weighted by molar-refractivity contribution is 6.31. The van der Waals surface area contributed by atoms with Crippen LogP contribution < -0.4 is 0 Å². The number of aliphatic carboxylic acids is 1. The van der Waals surface area contributed by atoms with Crippen molar-refractivity contribution in [1.82, 2.24) is 0 Å². The summed E-state index contributed by atoms with van der Waals surface area (Å²) in [6.07, 6.45) is -0.0290. The molecular weight excluding hydrogens is 324 g/mol. The lowest BCUT2D eigenvalue weighted by molar-refractivity contribution is -0.137. The largest absolute Gasteiger partial charge is 0.507 e. The van der Waals surface area contributed by atoms with Crippen LogP contribution in [0.4, 0.5) is 0 Å². The first-order valence-corrected chi connectivity index (χ1v) is 7.71. The number of aromatic hydroxyl groups is 1. The van der Waals surface area contributed by atoms with E-state index in [4.69, 9.17) is 5.11 Å². The van der Waals surface area contributed by atoms with Crippen LogP contribution >= 0.6 is 0 Å². The second-order valence-electron chi connectivity index (χ2n) is 5.76. The van der Waals surface area contributed by atoms with E-state index in [0.717, 1.165) is 0 Å². The Morgan fingerprint density at radius 1 is 0.840 bits per heavy atom. The molecule has 0 saturated carbocycles. The molecule has 0 amide bonds. The van der Waals surface area contributed by atoms with Gasteiger partial charge in [0.15, 0.2) is 17.3 Å². The van der Waals surface area contributed by atoms with Gasteiger partial charge in [-0.1, -0.05) is 30.3 Å². The molecule has 0 unspecified atom stereocenters. The summed E-state index contributed by atoms with van der Waals surface area (Å²) in [6, 6.07) is 8.63. The standard InChI is InChI=1S/C19H14O6/c20-13(7-3-9-15(22)23)10-4-1-5-11-16(10)18(24)12-6-2-8-14(21)17(12)19(11)25/h1-2,4-6,8,21H,3,7,9H2,(H,22,23). The minimum Gasteiger partial charge on any atom is -0.507 e. The summed E-state index contributed by atoms with van der Waals surface area (Å²) in [5, 5.41) is 18.6. The second kappa shape index (κ2) is 6.32. The van der Waals surface area contributed by atoms with E-state index in [-0.39, 0.29) is 58.6 Å². The lowest BCUT2D eigenvalue weighted by atomic mass is 9.80. The highest BCUT2D eigenvalue weighted by Crippen LogP contribution is 2.34. The van der Waals surface area contributed by atoms with E-state index >= 15 is 0 Å². The Kier molecular flexibility index (Phi) is 4.19. The van der Waals surface area contributed by atoms with Crippen molar-refractivity contribution in [3.8, 4) is 5.75 Å². The van der Waals surface area contributed by atoms with Crippen molar-refractivity contribution in [3.63, 3.8) is 0 Å². The summed E-state index contributed by atoms with van der Waals surface area (Å²) in [4.78, 5) is 48.5. The van der Waals surface area contributed by atoms with Crippen molar-refractivity contribution >= 4 is 23.3 Å². The van der Waals surface area contributed by atoms with E-state index in [1.54, 1.807) is 0 Å². The Hall–Kier alpha value is -3.28. The Morgan fingerprint density at radius 3 is 2.12 bits per heavy atom. The molecule has 0 radical (unpaired) electrons. The lowest BCUT2D eigenvalue weighted by Gasteiger charge is -2.20. The molecule has 0 heterocycles. The molecular formula is C19H14O6. The average Bonchev–Trinajstić information content (AvgIpc) is 2.58. The number of carboxylic acids is 1. The molecule has 126 valence electrons. The molecule has 0 aromatic heterocycles. The van der Waals surface area contributed by atoms with Gasteiger partial charge in [-0.15, -0.1) is 0 Å². The van der Waals surface area contributed by atoms with E-state index in [2.05, 4.69) is 0 Å². The van der Waals surface area contributed by atoms with Crippen LogP contribution in [-0.2, 0) is 4.79 Å². The Labute approximate surface area is 142 Å². The number of phenols is 1. The van der Waals surface area contributed by atoms with Gasteiger partial charge in [0.1, 0.15) is 5.75 Å². The first kappa shape index (κ1) is 16.6. The van der Waals surface area contributed by atoms with Crippen LogP contribution in [-0.4, -0.2) is 33.5 Å². The van der Waals surface area contributed by atoms with Crippen LogP contribution in [0.1, 0.15) is 61.5 Å². The molecule has 0 saturated heterocycles. The summed E-state index contributed by atoms with van der Waals surface area (Å²) in [5.74, 6) is -2.67. The fraction of sp³-hybridized carbons (Fsp3) is 0.158. The first-order chi connectivity index (χ1) is 11.9. The number of hydrogen-bond acceptors (Lipinski definition) is 5. The molecule has 2 N–H and O–H groups in total. The third kappa shape index (κ3) is 2.82.